The molecule has 3 heterocycles. The Balaban J connectivity index is 1.43. The first-order valence-corrected chi connectivity index (χ1v) is 9.83. The highest BCUT2D eigenvalue weighted by molar-refractivity contribution is 7.99. The van der Waals surface area contributed by atoms with Crippen LogP contribution in [0.25, 0.3) is 0 Å². The van der Waals surface area contributed by atoms with Crippen LogP contribution in [0.3, 0.4) is 0 Å². The largest absolute Gasteiger partial charge is 0.382 e. The van der Waals surface area contributed by atoms with E-state index in [9.17, 15) is 4.79 Å². The highest BCUT2D eigenvalue weighted by atomic mass is 32.2. The van der Waals surface area contributed by atoms with Crippen LogP contribution in [0.5, 0.6) is 0 Å². The molecule has 1 aromatic carbocycles. The second-order valence-electron chi connectivity index (χ2n) is 6.17. The van der Waals surface area contributed by atoms with Gasteiger partial charge in [0.1, 0.15) is 0 Å². The Bertz CT molecular complexity index is 806. The number of pyridine rings is 1. The standard InChI is InChI=1S/C19H20N4O2S/c24-19(17-13-16(22-25-17)14-5-2-1-3-6-14)21-15-7-4-8-20-18(15)23-9-11-26-12-10-23/h1-8,17H,9-13H2,(H,21,24). The number of hydrogen-bond acceptors (Lipinski definition) is 6. The molecule has 6 nitrogen and oxygen atoms in total. The Morgan fingerprint density at radius 1 is 1.15 bits per heavy atom. The van der Waals surface area contributed by atoms with Gasteiger partial charge in [-0.3, -0.25) is 4.79 Å². The molecular weight excluding hydrogens is 348 g/mol. The lowest BCUT2D eigenvalue weighted by atomic mass is 10.0. The van der Waals surface area contributed by atoms with Gasteiger partial charge >= 0.3 is 0 Å². The number of amides is 1. The predicted octanol–water partition coefficient (Wildman–Crippen LogP) is 2.77. The fraction of sp³-hybridized carbons (Fsp3) is 0.316. The molecule has 7 heteroatoms. The van der Waals surface area contributed by atoms with Gasteiger partial charge in [-0.15, -0.1) is 0 Å². The average Bonchev–Trinajstić information content (AvgIpc) is 3.20. The van der Waals surface area contributed by atoms with Crippen molar-refractivity contribution in [3.8, 4) is 0 Å². The Labute approximate surface area is 156 Å². The van der Waals surface area contributed by atoms with Crippen molar-refractivity contribution < 1.29 is 9.63 Å². The zero-order valence-electron chi connectivity index (χ0n) is 14.3. The van der Waals surface area contributed by atoms with E-state index in [1.54, 1.807) is 6.20 Å². The van der Waals surface area contributed by atoms with Crippen molar-refractivity contribution in [2.45, 2.75) is 12.5 Å². The summed E-state index contributed by atoms with van der Waals surface area (Å²) < 4.78 is 0. The van der Waals surface area contributed by atoms with Crippen LogP contribution in [0.4, 0.5) is 11.5 Å². The van der Waals surface area contributed by atoms with Gasteiger partial charge in [0.25, 0.3) is 5.91 Å². The molecule has 1 atom stereocenters. The molecule has 1 aromatic heterocycles. The Morgan fingerprint density at radius 3 is 2.77 bits per heavy atom. The summed E-state index contributed by atoms with van der Waals surface area (Å²) in [6.45, 7) is 1.87. The minimum Gasteiger partial charge on any atom is -0.382 e. The van der Waals surface area contributed by atoms with Crippen molar-refractivity contribution in [1.29, 1.82) is 0 Å². The number of thioether (sulfide) groups is 1. The van der Waals surface area contributed by atoms with Gasteiger partial charge in [-0.25, -0.2) is 4.98 Å². The molecule has 1 fully saturated rings. The summed E-state index contributed by atoms with van der Waals surface area (Å²) in [6.07, 6.45) is 1.61. The number of hydrogen-bond donors (Lipinski definition) is 1. The van der Waals surface area contributed by atoms with Crippen molar-refractivity contribution in [3.05, 3.63) is 54.2 Å². The van der Waals surface area contributed by atoms with E-state index in [0.29, 0.717) is 6.42 Å². The van der Waals surface area contributed by atoms with Crippen molar-refractivity contribution in [2.75, 3.05) is 34.8 Å². The highest BCUT2D eigenvalue weighted by Gasteiger charge is 2.29. The molecule has 0 saturated carbocycles. The SMILES string of the molecule is O=C(Nc1cccnc1N1CCSCC1)C1CC(c2ccccc2)=NO1. The maximum Gasteiger partial charge on any atom is 0.268 e. The van der Waals surface area contributed by atoms with Gasteiger partial charge in [0.15, 0.2) is 5.82 Å². The van der Waals surface area contributed by atoms with Gasteiger partial charge in [-0.1, -0.05) is 35.5 Å². The zero-order chi connectivity index (χ0) is 17.8. The van der Waals surface area contributed by atoms with Crippen LogP contribution in [0.1, 0.15) is 12.0 Å². The van der Waals surface area contributed by atoms with E-state index in [1.165, 1.54) is 0 Å². The molecule has 26 heavy (non-hydrogen) atoms. The number of nitrogens with one attached hydrogen (secondary N) is 1. The topological polar surface area (TPSA) is 66.8 Å². The molecule has 4 rings (SSSR count). The lowest BCUT2D eigenvalue weighted by Gasteiger charge is -2.29. The summed E-state index contributed by atoms with van der Waals surface area (Å²) >= 11 is 1.94. The molecule has 1 N–H and O–H groups in total. The van der Waals surface area contributed by atoms with Crippen LogP contribution in [0.2, 0.25) is 0 Å². The van der Waals surface area contributed by atoms with E-state index in [4.69, 9.17) is 4.84 Å². The van der Waals surface area contributed by atoms with E-state index < -0.39 is 6.10 Å². The quantitative estimate of drug-likeness (QED) is 0.899. The fourth-order valence-electron chi connectivity index (χ4n) is 3.05. The van der Waals surface area contributed by atoms with E-state index in [0.717, 1.165) is 47.4 Å². The smallest absolute Gasteiger partial charge is 0.268 e. The van der Waals surface area contributed by atoms with E-state index in [2.05, 4.69) is 20.4 Å². The number of anilines is 2. The van der Waals surface area contributed by atoms with Gasteiger partial charge in [-0.2, -0.15) is 11.8 Å². The normalized spacial score (nSPS) is 19.6. The van der Waals surface area contributed by atoms with Gasteiger partial charge in [-0.05, 0) is 17.7 Å². The third kappa shape index (κ3) is 3.67. The third-order valence-corrected chi connectivity index (χ3v) is 5.37. The number of benzene rings is 1. The molecule has 2 aromatic rings. The first-order chi connectivity index (χ1) is 12.8. The van der Waals surface area contributed by atoms with E-state index in [-0.39, 0.29) is 5.91 Å². The summed E-state index contributed by atoms with van der Waals surface area (Å²) in [7, 11) is 0. The fourth-order valence-corrected chi connectivity index (χ4v) is 3.96. The van der Waals surface area contributed by atoms with Gasteiger partial charge < -0.3 is 15.1 Å². The Morgan fingerprint density at radius 2 is 1.96 bits per heavy atom. The van der Waals surface area contributed by atoms with Crippen LogP contribution in [0.15, 0.2) is 53.8 Å². The maximum absolute atomic E-state index is 12.7. The van der Waals surface area contributed by atoms with Crippen LogP contribution >= 0.6 is 11.8 Å². The average molecular weight is 368 g/mol. The Kier molecular flexibility index (Phi) is 5.06. The van der Waals surface area contributed by atoms with Crippen molar-refractivity contribution >= 4 is 34.9 Å². The van der Waals surface area contributed by atoms with Crippen molar-refractivity contribution in [3.63, 3.8) is 0 Å². The minimum atomic E-state index is -0.616. The zero-order valence-corrected chi connectivity index (χ0v) is 15.1. The molecule has 0 radical (unpaired) electrons. The summed E-state index contributed by atoms with van der Waals surface area (Å²) in [5.74, 6) is 2.78. The number of aromatic nitrogens is 1. The monoisotopic (exact) mass is 368 g/mol. The van der Waals surface area contributed by atoms with Crippen molar-refractivity contribution in [1.82, 2.24) is 4.98 Å². The maximum atomic E-state index is 12.7. The molecular formula is C19H20N4O2S. The summed E-state index contributed by atoms with van der Waals surface area (Å²) in [5, 5.41) is 7.06. The second kappa shape index (κ2) is 7.78. The molecule has 2 aliphatic rings. The van der Waals surface area contributed by atoms with Gasteiger partial charge in [0.2, 0.25) is 6.10 Å². The summed E-state index contributed by atoms with van der Waals surface area (Å²) in [6, 6.07) is 13.5. The second-order valence-corrected chi connectivity index (χ2v) is 7.39. The van der Waals surface area contributed by atoms with Crippen LogP contribution < -0.4 is 10.2 Å². The van der Waals surface area contributed by atoms with Crippen LogP contribution in [-0.4, -0.2) is 47.3 Å². The molecule has 2 aliphatic heterocycles. The number of nitrogens with zero attached hydrogens (tertiary/aromatic N) is 3. The van der Waals surface area contributed by atoms with E-state index >= 15 is 0 Å². The van der Waals surface area contributed by atoms with Crippen molar-refractivity contribution in [2.24, 2.45) is 5.16 Å². The lowest BCUT2D eigenvalue weighted by molar-refractivity contribution is -0.125. The van der Waals surface area contributed by atoms with Crippen LogP contribution in [-0.2, 0) is 9.63 Å². The van der Waals surface area contributed by atoms with E-state index in [1.807, 2.05) is 54.2 Å². The van der Waals surface area contributed by atoms with Gasteiger partial charge in [0.05, 0.1) is 11.4 Å². The molecule has 134 valence electrons. The lowest BCUT2D eigenvalue weighted by Crippen LogP contribution is -2.35. The molecule has 0 aliphatic carbocycles. The number of carbonyl (C=O) groups excluding carboxylic acids is 1. The Hall–Kier alpha value is -2.54. The molecule has 1 saturated heterocycles. The molecule has 0 spiro atoms. The third-order valence-electron chi connectivity index (χ3n) is 4.42. The number of rotatable bonds is 4. The molecule has 1 unspecified atom stereocenters. The molecule has 1 amide bonds. The number of carbonyl (C=O) groups is 1. The number of oxime groups is 1. The minimum absolute atomic E-state index is 0.194. The van der Waals surface area contributed by atoms with Crippen LogP contribution in [0, 0.1) is 0 Å². The first kappa shape index (κ1) is 16.9. The summed E-state index contributed by atoms with van der Waals surface area (Å²) in [4.78, 5) is 24.7. The van der Waals surface area contributed by atoms with Gasteiger partial charge in [0, 0.05) is 37.2 Å². The highest BCUT2D eigenvalue weighted by Crippen LogP contribution is 2.26. The summed E-state index contributed by atoms with van der Waals surface area (Å²) in [5.41, 5.74) is 2.50. The predicted molar refractivity (Wildman–Crippen MR) is 105 cm³/mol. The molecule has 0 bridgehead atoms. The first-order valence-electron chi connectivity index (χ1n) is 8.68.